The van der Waals surface area contributed by atoms with E-state index in [0.29, 0.717) is 25.7 Å². The van der Waals surface area contributed by atoms with E-state index in [2.05, 4.69) is 31.5 Å². The monoisotopic (exact) mass is 496 g/mol. The summed E-state index contributed by atoms with van der Waals surface area (Å²) in [7, 11) is 8.29. The summed E-state index contributed by atoms with van der Waals surface area (Å²) in [5, 5.41) is 16.6. The number of halogens is 2. The first-order valence-electron chi connectivity index (χ1n) is 7.90. The maximum atomic E-state index is 11.9. The van der Waals surface area contributed by atoms with Crippen molar-refractivity contribution in [3.63, 3.8) is 0 Å². The average molecular weight is 497 g/mol. The van der Waals surface area contributed by atoms with Gasteiger partial charge in [0.25, 0.3) is 0 Å². The van der Waals surface area contributed by atoms with Crippen molar-refractivity contribution in [3.8, 4) is 0 Å². The maximum absolute atomic E-state index is 11.9. The second-order valence-corrected chi connectivity index (χ2v) is 10.5. The largest absolute Gasteiger partial charge is 1.00 e. The van der Waals surface area contributed by atoms with E-state index in [1.807, 2.05) is 0 Å². The molecule has 0 unspecified atom stereocenters. The Labute approximate surface area is 203 Å². The first kappa shape index (κ1) is 28.4. The van der Waals surface area contributed by atoms with Crippen molar-refractivity contribution >= 4 is 63.7 Å². The van der Waals surface area contributed by atoms with E-state index >= 15 is 0 Å². The van der Waals surface area contributed by atoms with Gasteiger partial charge in [-0.05, 0) is 25.7 Å². The van der Waals surface area contributed by atoms with Gasteiger partial charge in [0.2, 0.25) is 5.91 Å². The summed E-state index contributed by atoms with van der Waals surface area (Å²) in [4.78, 5) is 33.8. The molecule has 0 radical (unpaired) electrons. The van der Waals surface area contributed by atoms with Crippen molar-refractivity contribution in [2.24, 2.45) is 11.1 Å². The molecule has 1 heterocycles. The van der Waals surface area contributed by atoms with Gasteiger partial charge in [-0.25, -0.2) is 4.98 Å². The van der Waals surface area contributed by atoms with E-state index in [4.69, 9.17) is 19.0 Å². The Hall–Kier alpha value is -0.630. The van der Waals surface area contributed by atoms with Gasteiger partial charge in [0.05, 0.1) is 5.97 Å². The Morgan fingerprint density at radius 3 is 2.21 bits per heavy atom. The van der Waals surface area contributed by atoms with Crippen LogP contribution >= 0.6 is 32.7 Å². The Balaban J connectivity index is 0.00000117. The number of aromatic nitrogens is 1. The molecule has 0 atom stereocenters. The van der Waals surface area contributed by atoms with Crippen LogP contribution < -0.4 is 40.4 Å². The number of carbonyl (C=O) groups is 2. The minimum Gasteiger partial charge on any atom is -0.543 e. The summed E-state index contributed by atoms with van der Waals surface area (Å²) < 4.78 is 18.3. The second kappa shape index (κ2) is 12.9. The predicted octanol–water partition coefficient (Wildman–Crippen LogP) is -2.44. The molecule has 0 spiro atoms. The summed E-state index contributed by atoms with van der Waals surface area (Å²) in [6.45, 7) is 0. The summed E-state index contributed by atoms with van der Waals surface area (Å²) in [6, 6.07) is 0. The van der Waals surface area contributed by atoms with E-state index in [1.54, 1.807) is 19.0 Å². The van der Waals surface area contributed by atoms with Crippen LogP contribution in [0.2, 0.25) is 0 Å². The fraction of sp³-hybridized carbons (Fsp3) is 0.571. The van der Waals surface area contributed by atoms with Crippen molar-refractivity contribution in [2.75, 3.05) is 19.8 Å². The number of oxime groups is 1. The number of rotatable bonds is 5. The van der Waals surface area contributed by atoms with Gasteiger partial charge in [-0.2, -0.15) is 8.42 Å². The normalized spacial score (nSPS) is 19.2. The van der Waals surface area contributed by atoms with Crippen LogP contribution in [0.5, 0.6) is 0 Å². The van der Waals surface area contributed by atoms with Crippen LogP contribution in [0, 0.1) is 5.92 Å². The fourth-order valence-electron chi connectivity index (χ4n) is 2.49. The van der Waals surface area contributed by atoms with Crippen molar-refractivity contribution in [3.05, 3.63) is 11.1 Å². The number of nitrogen functional groups attached to an aromatic ring is 1. The summed E-state index contributed by atoms with van der Waals surface area (Å²) in [5.41, 5.74) is 5.24. The number of hydrogen-bond acceptors (Lipinski definition) is 10. The number of hydrogen-bond donors (Lipinski definition) is 1. The molecule has 158 valence electrons. The molecule has 1 fully saturated rings. The first-order chi connectivity index (χ1) is 12.9. The van der Waals surface area contributed by atoms with E-state index in [-0.39, 0.29) is 64.0 Å². The molecule has 2 N–H and O–H groups in total. The zero-order chi connectivity index (χ0) is 21.5. The van der Waals surface area contributed by atoms with Crippen molar-refractivity contribution < 1.29 is 57.5 Å². The number of nitrogens with two attached hydrogens (primary N) is 1. The quantitative estimate of drug-likeness (QED) is 0.204. The van der Waals surface area contributed by atoms with Gasteiger partial charge in [-0.3, -0.25) is 4.79 Å². The van der Waals surface area contributed by atoms with Gasteiger partial charge in [-0.15, -0.1) is 11.3 Å². The maximum Gasteiger partial charge on any atom is 1.00 e. The number of carboxylic acids is 1. The fourth-order valence-corrected chi connectivity index (χ4v) is 3.04. The number of aliphatic carboxylic acids is 1. The average Bonchev–Trinajstić information content (AvgIpc) is 2.99. The van der Waals surface area contributed by atoms with E-state index in [0.717, 1.165) is 11.3 Å². The smallest absolute Gasteiger partial charge is 0.543 e. The van der Waals surface area contributed by atoms with Crippen LogP contribution in [0.15, 0.2) is 10.5 Å². The molecule has 1 amide bonds. The number of thiazole rings is 1. The Kier molecular flexibility index (Phi) is 12.6. The van der Waals surface area contributed by atoms with Gasteiger partial charge in [-0.1, -0.05) is 5.16 Å². The Morgan fingerprint density at radius 1 is 1.31 bits per heavy atom. The third-order valence-corrected chi connectivity index (χ3v) is 4.39. The number of carbonyl (C=O) groups excluding carboxylic acids is 2. The standard InChI is InChI=1S/C14H20N4O4S.Cl2O2S.Na/c1-18(2)12(19)8-3-5-9(6-4-8)22-17-11(13(20)21)10-7-23-14(15)16-10;1-5(2,3)4;/h7-9H,3-6H2,1-2H3,(H2,15,16)(H,20,21);;/q;;+1/p-1/t8-,9-;;. The first-order valence-corrected chi connectivity index (χ1v) is 11.9. The number of amides is 1. The van der Waals surface area contributed by atoms with Crippen LogP contribution in [-0.4, -0.2) is 56.1 Å². The minimum absolute atomic E-state index is 0. The molecule has 0 aromatic carbocycles. The number of nitrogens with zero attached hydrogens (tertiary/aromatic N) is 3. The Morgan fingerprint density at radius 2 is 1.83 bits per heavy atom. The summed E-state index contributed by atoms with van der Waals surface area (Å²) in [5.74, 6) is -1.36. The molecule has 0 bridgehead atoms. The van der Waals surface area contributed by atoms with Crippen LogP contribution in [-0.2, 0) is 22.7 Å². The molecule has 1 aliphatic carbocycles. The van der Waals surface area contributed by atoms with Crippen molar-refractivity contribution in [1.29, 1.82) is 0 Å². The predicted molar refractivity (Wildman–Crippen MR) is 104 cm³/mol. The number of carboxylic acid groups (broad SMARTS) is 1. The van der Waals surface area contributed by atoms with Gasteiger partial charge < -0.3 is 25.4 Å². The van der Waals surface area contributed by atoms with Crippen molar-refractivity contribution in [1.82, 2.24) is 9.88 Å². The molecule has 2 rings (SSSR count). The Bertz CT molecular complexity index is 818. The minimum atomic E-state index is -3.72. The van der Waals surface area contributed by atoms with E-state index in [9.17, 15) is 14.7 Å². The van der Waals surface area contributed by atoms with Crippen LogP contribution in [0.4, 0.5) is 5.13 Å². The summed E-state index contributed by atoms with van der Waals surface area (Å²) in [6.07, 6.45) is 2.47. The third kappa shape index (κ3) is 11.4. The van der Waals surface area contributed by atoms with Crippen molar-refractivity contribution in [2.45, 2.75) is 31.8 Å². The van der Waals surface area contributed by atoms with Gasteiger partial charge in [0, 0.05) is 46.8 Å². The van der Waals surface area contributed by atoms with Gasteiger partial charge >= 0.3 is 37.8 Å². The molecule has 0 saturated heterocycles. The zero-order valence-electron chi connectivity index (χ0n) is 16.0. The SMILES string of the molecule is CN(C)C(=O)[C@H]1CC[C@H](ON=C(C(=O)[O-])c2csc(N)n2)CC1.O=S(=O)(Cl)Cl.[Na+]. The van der Waals surface area contributed by atoms with E-state index < -0.39 is 14.2 Å². The zero-order valence-corrected chi connectivity index (χ0v) is 21.1. The molecule has 1 saturated carbocycles. The molecular formula is C14H19Cl2N4NaO6S2. The van der Waals surface area contributed by atoms with Crippen LogP contribution in [0.1, 0.15) is 31.4 Å². The van der Waals surface area contributed by atoms with Crippen LogP contribution in [0.25, 0.3) is 0 Å². The molecule has 1 aliphatic rings. The topological polar surface area (TPSA) is 155 Å². The second-order valence-electron chi connectivity index (χ2n) is 5.99. The molecule has 15 heteroatoms. The molecule has 29 heavy (non-hydrogen) atoms. The molecule has 1 aromatic rings. The van der Waals surface area contributed by atoms with Gasteiger partial charge in [0.15, 0.2) is 10.8 Å². The molecular weight excluding hydrogens is 478 g/mol. The summed E-state index contributed by atoms with van der Waals surface area (Å²) >= 11 is 1.11. The van der Waals surface area contributed by atoms with E-state index in [1.165, 1.54) is 5.38 Å². The van der Waals surface area contributed by atoms with Crippen LogP contribution in [0.3, 0.4) is 0 Å². The number of anilines is 1. The van der Waals surface area contributed by atoms with Gasteiger partial charge in [0.1, 0.15) is 11.8 Å². The third-order valence-electron chi connectivity index (χ3n) is 3.72. The molecule has 10 nitrogen and oxygen atoms in total. The molecule has 0 aliphatic heterocycles. The molecule has 1 aromatic heterocycles.